The summed E-state index contributed by atoms with van der Waals surface area (Å²) in [5.41, 5.74) is 0. The van der Waals surface area contributed by atoms with E-state index in [1.165, 1.54) is 75.5 Å². The second kappa shape index (κ2) is 20.8. The second-order valence-electron chi connectivity index (χ2n) is 9.09. The van der Waals surface area contributed by atoms with Gasteiger partial charge in [-0.2, -0.15) is 0 Å². The van der Waals surface area contributed by atoms with Gasteiger partial charge in [0, 0.05) is 19.5 Å². The Kier molecular flexibility index (Phi) is 20.4. The number of hydrogen-bond acceptors (Lipinski definition) is 6. The number of nitrogens with zero attached hydrogens (tertiary/aromatic N) is 1. The summed E-state index contributed by atoms with van der Waals surface area (Å²) in [6, 6.07) is 0. The summed E-state index contributed by atoms with van der Waals surface area (Å²) in [5.74, 6) is -0.122. The first-order valence-electron chi connectivity index (χ1n) is 13.0. The van der Waals surface area contributed by atoms with Crippen molar-refractivity contribution in [1.82, 2.24) is 4.90 Å². The molecule has 0 aromatic carbocycles. The quantitative estimate of drug-likeness (QED) is 0.158. The van der Waals surface area contributed by atoms with E-state index in [0.717, 1.165) is 19.3 Å². The number of hydrogen-bond donors (Lipinski definition) is 5. The van der Waals surface area contributed by atoms with Crippen molar-refractivity contribution in [2.75, 3.05) is 19.7 Å². The van der Waals surface area contributed by atoms with Crippen LogP contribution < -0.4 is 0 Å². The summed E-state index contributed by atoms with van der Waals surface area (Å²) >= 11 is 0. The van der Waals surface area contributed by atoms with E-state index < -0.39 is 31.0 Å². The molecule has 0 rings (SSSR count). The molecule has 7 heteroatoms. The van der Waals surface area contributed by atoms with Gasteiger partial charge >= 0.3 is 0 Å². The molecular weight excluding hydrogens is 410 g/mol. The molecule has 0 bridgehead atoms. The molecule has 1 amide bonds. The molecule has 0 aliphatic heterocycles. The van der Waals surface area contributed by atoms with Crippen LogP contribution in [0, 0.1) is 0 Å². The largest absolute Gasteiger partial charge is 0.394 e. The third kappa shape index (κ3) is 15.2. The van der Waals surface area contributed by atoms with E-state index in [4.69, 9.17) is 5.11 Å². The molecule has 4 atom stereocenters. The average Bonchev–Trinajstić information content (AvgIpc) is 2.81. The zero-order valence-corrected chi connectivity index (χ0v) is 20.6. The molecule has 0 aromatic rings. The van der Waals surface area contributed by atoms with Crippen LogP contribution in [-0.4, -0.2) is 80.5 Å². The standard InChI is InChI=1S/C25H51NO6/c1-3-5-6-7-8-9-10-11-12-13-14-15-16-17-18-26(23(30)4-2)19-21(28)24(31)25(32)22(29)20-27/h21-22,24-25,27-29,31-32H,3-20H2,1-2H3/t21-,22+,24+,25+/m0/s1. The van der Waals surface area contributed by atoms with E-state index in [1.54, 1.807) is 6.92 Å². The third-order valence-corrected chi connectivity index (χ3v) is 6.17. The van der Waals surface area contributed by atoms with Crippen molar-refractivity contribution >= 4 is 5.91 Å². The summed E-state index contributed by atoms with van der Waals surface area (Å²) in [7, 11) is 0. The van der Waals surface area contributed by atoms with Crippen molar-refractivity contribution in [3.05, 3.63) is 0 Å². The van der Waals surface area contributed by atoms with E-state index in [1.807, 2.05) is 0 Å². The highest BCUT2D eigenvalue weighted by molar-refractivity contribution is 5.75. The summed E-state index contributed by atoms with van der Waals surface area (Å²) < 4.78 is 0. The van der Waals surface area contributed by atoms with Gasteiger partial charge in [-0.15, -0.1) is 0 Å². The van der Waals surface area contributed by atoms with Crippen LogP contribution in [-0.2, 0) is 4.79 Å². The zero-order valence-electron chi connectivity index (χ0n) is 20.6. The minimum atomic E-state index is -1.67. The summed E-state index contributed by atoms with van der Waals surface area (Å²) in [6.45, 7) is 3.65. The second-order valence-corrected chi connectivity index (χ2v) is 9.09. The van der Waals surface area contributed by atoms with Crippen LogP contribution in [0.15, 0.2) is 0 Å². The Morgan fingerprint density at radius 2 is 1.06 bits per heavy atom. The minimum Gasteiger partial charge on any atom is -0.394 e. The number of rotatable bonds is 22. The first-order chi connectivity index (χ1) is 15.4. The monoisotopic (exact) mass is 461 g/mol. The van der Waals surface area contributed by atoms with Gasteiger partial charge in [0.05, 0.1) is 6.61 Å². The van der Waals surface area contributed by atoms with Gasteiger partial charge in [0.1, 0.15) is 24.4 Å². The lowest BCUT2D eigenvalue weighted by Gasteiger charge is -2.30. The fraction of sp³-hybridized carbons (Fsp3) is 0.960. The lowest BCUT2D eigenvalue weighted by atomic mass is 10.0. The van der Waals surface area contributed by atoms with Gasteiger partial charge in [-0.1, -0.05) is 97.3 Å². The Labute approximate surface area is 195 Å². The zero-order chi connectivity index (χ0) is 24.2. The maximum absolute atomic E-state index is 12.2. The van der Waals surface area contributed by atoms with Gasteiger partial charge in [-0.25, -0.2) is 0 Å². The fourth-order valence-corrected chi connectivity index (χ4v) is 3.94. The molecule has 0 spiro atoms. The topological polar surface area (TPSA) is 121 Å². The van der Waals surface area contributed by atoms with E-state index in [-0.39, 0.29) is 12.5 Å². The molecule has 0 fully saturated rings. The van der Waals surface area contributed by atoms with Crippen molar-refractivity contribution in [3.63, 3.8) is 0 Å². The van der Waals surface area contributed by atoms with Crippen LogP contribution >= 0.6 is 0 Å². The third-order valence-electron chi connectivity index (χ3n) is 6.17. The van der Waals surface area contributed by atoms with Crippen molar-refractivity contribution in [1.29, 1.82) is 0 Å². The van der Waals surface area contributed by atoms with Crippen LogP contribution in [0.3, 0.4) is 0 Å². The van der Waals surface area contributed by atoms with Gasteiger partial charge < -0.3 is 30.4 Å². The predicted octanol–water partition coefficient (Wildman–Crippen LogP) is 3.14. The molecule has 0 aliphatic carbocycles. The maximum atomic E-state index is 12.2. The first-order valence-corrected chi connectivity index (χ1v) is 13.0. The Morgan fingerprint density at radius 3 is 1.47 bits per heavy atom. The lowest BCUT2D eigenvalue weighted by Crippen LogP contribution is -2.50. The molecular formula is C25H51NO6. The average molecular weight is 462 g/mol. The SMILES string of the molecule is CCCCCCCCCCCCCCCCN(C[C@H](O)[C@@H](O)[C@H](O)[C@H](O)CO)C(=O)CC. The Balaban J connectivity index is 3.94. The van der Waals surface area contributed by atoms with Crippen molar-refractivity contribution in [2.45, 2.75) is 135 Å². The molecule has 32 heavy (non-hydrogen) atoms. The highest BCUT2D eigenvalue weighted by Gasteiger charge is 2.31. The van der Waals surface area contributed by atoms with Gasteiger partial charge in [-0.05, 0) is 6.42 Å². The first kappa shape index (κ1) is 31.3. The molecule has 0 heterocycles. The Bertz CT molecular complexity index is 437. The molecule has 7 nitrogen and oxygen atoms in total. The normalized spacial score (nSPS) is 15.3. The highest BCUT2D eigenvalue weighted by atomic mass is 16.4. The molecule has 0 unspecified atom stereocenters. The van der Waals surface area contributed by atoms with Gasteiger partial charge in [-0.3, -0.25) is 4.79 Å². The molecule has 0 aliphatic rings. The Morgan fingerprint density at radius 1 is 0.656 bits per heavy atom. The minimum absolute atomic E-state index is 0.110. The lowest BCUT2D eigenvalue weighted by molar-refractivity contribution is -0.139. The Hall–Kier alpha value is -0.730. The number of carbonyl (C=O) groups excluding carboxylic acids is 1. The predicted molar refractivity (Wildman–Crippen MR) is 128 cm³/mol. The van der Waals surface area contributed by atoms with Crippen LogP contribution in [0.1, 0.15) is 110 Å². The summed E-state index contributed by atoms with van der Waals surface area (Å²) in [4.78, 5) is 13.7. The van der Waals surface area contributed by atoms with Crippen LogP contribution in [0.25, 0.3) is 0 Å². The van der Waals surface area contributed by atoms with Crippen molar-refractivity contribution < 1.29 is 30.3 Å². The number of aliphatic hydroxyl groups excluding tert-OH is 5. The van der Waals surface area contributed by atoms with Gasteiger partial charge in [0.15, 0.2) is 0 Å². The van der Waals surface area contributed by atoms with Gasteiger partial charge in [0.25, 0.3) is 0 Å². The molecule has 5 N–H and O–H groups in total. The van der Waals surface area contributed by atoms with Gasteiger partial charge in [0.2, 0.25) is 5.91 Å². The number of unbranched alkanes of at least 4 members (excludes halogenated alkanes) is 13. The summed E-state index contributed by atoms with van der Waals surface area (Å²) in [6.07, 6.45) is 11.6. The smallest absolute Gasteiger partial charge is 0.222 e. The number of carbonyl (C=O) groups is 1. The van der Waals surface area contributed by atoms with E-state index in [9.17, 15) is 25.2 Å². The number of aliphatic hydroxyl groups is 5. The van der Waals surface area contributed by atoms with Crippen molar-refractivity contribution in [3.8, 4) is 0 Å². The van der Waals surface area contributed by atoms with Crippen LogP contribution in [0.4, 0.5) is 0 Å². The molecule has 0 saturated carbocycles. The molecule has 0 aromatic heterocycles. The molecule has 0 saturated heterocycles. The van der Waals surface area contributed by atoms with Crippen LogP contribution in [0.5, 0.6) is 0 Å². The van der Waals surface area contributed by atoms with E-state index >= 15 is 0 Å². The van der Waals surface area contributed by atoms with Crippen molar-refractivity contribution in [2.24, 2.45) is 0 Å². The van der Waals surface area contributed by atoms with E-state index in [0.29, 0.717) is 13.0 Å². The maximum Gasteiger partial charge on any atom is 0.222 e. The summed E-state index contributed by atoms with van der Waals surface area (Å²) in [5, 5.41) is 48.2. The van der Waals surface area contributed by atoms with Crippen LogP contribution in [0.2, 0.25) is 0 Å². The number of amides is 1. The highest BCUT2D eigenvalue weighted by Crippen LogP contribution is 2.14. The van der Waals surface area contributed by atoms with E-state index in [2.05, 4.69) is 6.92 Å². The fourth-order valence-electron chi connectivity index (χ4n) is 3.94. The molecule has 0 radical (unpaired) electrons. The molecule has 192 valence electrons.